The molecule has 2 aromatic carbocycles. The Bertz CT molecular complexity index is 1880. The first-order valence-corrected chi connectivity index (χ1v) is 18.0. The Morgan fingerprint density at radius 3 is 2.40 bits per heavy atom. The summed E-state index contributed by atoms with van der Waals surface area (Å²) in [4.78, 5) is 29.8. The van der Waals surface area contributed by atoms with E-state index in [1.807, 2.05) is 44.2 Å². The Balaban J connectivity index is 1.42. The van der Waals surface area contributed by atoms with Crippen molar-refractivity contribution in [3.05, 3.63) is 89.2 Å². The van der Waals surface area contributed by atoms with Crippen LogP contribution < -0.4 is 14.2 Å². The zero-order valence-corrected chi connectivity index (χ0v) is 29.0. The van der Waals surface area contributed by atoms with Gasteiger partial charge in [0.1, 0.15) is 12.4 Å². The summed E-state index contributed by atoms with van der Waals surface area (Å²) in [7, 11) is -4.16. The maximum absolute atomic E-state index is 14.4. The van der Waals surface area contributed by atoms with Gasteiger partial charge in [0, 0.05) is 17.2 Å². The van der Waals surface area contributed by atoms with Gasteiger partial charge in [-0.25, -0.2) is 18.1 Å². The number of nitrogens with zero attached hydrogens (tertiary/aromatic N) is 4. The molecule has 0 spiro atoms. The number of anilines is 1. The molecule has 1 N–H and O–H groups in total. The van der Waals surface area contributed by atoms with Crippen LogP contribution >= 0.6 is 0 Å². The van der Waals surface area contributed by atoms with Crippen molar-refractivity contribution in [2.24, 2.45) is 5.41 Å². The average Bonchev–Trinajstić information content (AvgIpc) is 3.54. The number of rotatable bonds is 6. The quantitative estimate of drug-likeness (QED) is 0.230. The minimum Gasteiger partial charge on any atom is -0.489 e. The third-order valence-electron chi connectivity index (χ3n) is 8.76. The Morgan fingerprint density at radius 1 is 0.979 bits per heavy atom. The summed E-state index contributed by atoms with van der Waals surface area (Å²) in [5.41, 5.74) is 4.09. The molecular weight excluding hydrogens is 627 g/mol. The molecule has 1 fully saturated rings. The molecule has 10 nitrogen and oxygen atoms in total. The molecule has 0 saturated heterocycles. The maximum Gasteiger partial charge on any atom is 0.264 e. The number of carbonyl (C=O) groups excluding carboxylic acids is 1. The number of fused-ring (bicyclic) bond motifs is 4. The van der Waals surface area contributed by atoms with E-state index in [2.05, 4.69) is 40.4 Å². The molecule has 48 heavy (non-hydrogen) atoms. The van der Waals surface area contributed by atoms with Crippen LogP contribution in [0.1, 0.15) is 80.1 Å². The van der Waals surface area contributed by atoms with Crippen LogP contribution in [-0.4, -0.2) is 52.9 Å². The molecule has 6 rings (SSSR count). The zero-order valence-electron chi connectivity index (χ0n) is 28.2. The van der Waals surface area contributed by atoms with Gasteiger partial charge in [0.2, 0.25) is 11.8 Å². The van der Waals surface area contributed by atoms with E-state index in [4.69, 9.17) is 9.47 Å². The number of sulfonamides is 1. The summed E-state index contributed by atoms with van der Waals surface area (Å²) in [5, 5.41) is 0. The van der Waals surface area contributed by atoms with Gasteiger partial charge in [-0.15, -0.1) is 0 Å². The van der Waals surface area contributed by atoms with Crippen LogP contribution in [0.3, 0.4) is 0 Å². The number of aromatic nitrogens is 3. The van der Waals surface area contributed by atoms with Gasteiger partial charge in [0.15, 0.2) is 0 Å². The lowest BCUT2D eigenvalue weighted by molar-refractivity contribution is 0.0509. The minimum absolute atomic E-state index is 0.0741. The van der Waals surface area contributed by atoms with E-state index in [0.717, 1.165) is 29.5 Å². The van der Waals surface area contributed by atoms with Crippen LogP contribution in [0.15, 0.2) is 71.8 Å². The van der Waals surface area contributed by atoms with E-state index in [1.165, 1.54) is 25.0 Å². The van der Waals surface area contributed by atoms with Crippen molar-refractivity contribution >= 4 is 21.9 Å². The van der Waals surface area contributed by atoms with E-state index in [1.54, 1.807) is 29.3 Å². The van der Waals surface area contributed by atoms with Gasteiger partial charge in [0.05, 0.1) is 41.2 Å². The summed E-state index contributed by atoms with van der Waals surface area (Å²) in [5.74, 6) is 0.464. The van der Waals surface area contributed by atoms with E-state index in [-0.39, 0.29) is 52.9 Å². The number of ether oxygens (including phenoxy) is 2. The molecule has 1 amide bonds. The Morgan fingerprint density at radius 2 is 1.71 bits per heavy atom. The number of amides is 1. The first-order valence-electron chi connectivity index (χ1n) is 16.5. The fourth-order valence-corrected chi connectivity index (χ4v) is 7.48. The summed E-state index contributed by atoms with van der Waals surface area (Å²) < 4.78 is 42.3. The highest BCUT2D eigenvalue weighted by Gasteiger charge is 2.32. The highest BCUT2D eigenvalue weighted by Crippen LogP contribution is 2.32. The van der Waals surface area contributed by atoms with Crippen LogP contribution in [-0.2, 0) is 16.6 Å². The van der Waals surface area contributed by atoms with Gasteiger partial charge in [-0.2, -0.15) is 4.98 Å². The lowest BCUT2D eigenvalue weighted by Crippen LogP contribution is -2.45. The number of nitrogens with one attached hydrogen (secondary N) is 1. The van der Waals surface area contributed by atoms with E-state index in [9.17, 15) is 13.2 Å². The number of pyridine rings is 1. The predicted molar refractivity (Wildman–Crippen MR) is 185 cm³/mol. The lowest BCUT2D eigenvalue weighted by atomic mass is 9.87. The number of aryl methyl sites for hydroxylation is 2. The first kappa shape index (κ1) is 33.4. The van der Waals surface area contributed by atoms with Gasteiger partial charge in [-0.1, -0.05) is 45.0 Å². The topological polar surface area (TPSA) is 124 Å². The van der Waals surface area contributed by atoms with Gasteiger partial charge in [0.25, 0.3) is 15.9 Å². The Kier molecular flexibility index (Phi) is 9.42. The Labute approximate surface area is 283 Å². The lowest BCUT2D eigenvalue weighted by Gasteiger charge is -2.35. The van der Waals surface area contributed by atoms with Gasteiger partial charge >= 0.3 is 0 Å². The van der Waals surface area contributed by atoms with Crippen LogP contribution in [0.5, 0.6) is 11.6 Å². The van der Waals surface area contributed by atoms with Crippen LogP contribution in [0, 0.1) is 19.3 Å². The second-order valence-corrected chi connectivity index (χ2v) is 15.7. The van der Waals surface area contributed by atoms with Gasteiger partial charge < -0.3 is 14.4 Å². The van der Waals surface area contributed by atoms with Crippen molar-refractivity contribution in [3.8, 4) is 22.9 Å². The molecule has 4 bridgehead atoms. The van der Waals surface area contributed by atoms with Gasteiger partial charge in [-0.05, 0) is 92.8 Å². The fourth-order valence-electron chi connectivity index (χ4n) is 6.49. The molecule has 1 saturated carbocycles. The molecular formula is C37H43N5O5S. The van der Waals surface area contributed by atoms with Crippen molar-refractivity contribution in [1.82, 2.24) is 19.9 Å². The number of benzene rings is 2. The normalized spacial score (nSPS) is 18.2. The average molecular weight is 670 g/mol. The van der Waals surface area contributed by atoms with E-state index in [0.29, 0.717) is 23.6 Å². The SMILES string of the molecule is Cc1cccc(C)c1-c1cc2nc(n1)NS(=O)(=O)c1cccc(c1)C(=O)N(Cc1ccc(OC3CCCC3)cn1)[C@H](CC(C)(C)C)CO2. The first-order chi connectivity index (χ1) is 22.8. The van der Waals surface area contributed by atoms with E-state index >= 15 is 0 Å². The molecule has 1 aliphatic heterocycles. The zero-order chi connectivity index (χ0) is 34.1. The van der Waals surface area contributed by atoms with Gasteiger partial charge in [-0.3, -0.25) is 9.78 Å². The van der Waals surface area contributed by atoms with Crippen molar-refractivity contribution in [3.63, 3.8) is 0 Å². The summed E-state index contributed by atoms with van der Waals surface area (Å²) in [6, 6.07) is 17.1. The summed E-state index contributed by atoms with van der Waals surface area (Å²) in [6.07, 6.45) is 6.95. The molecule has 252 valence electrons. The highest BCUT2D eigenvalue weighted by molar-refractivity contribution is 7.92. The molecule has 2 aliphatic rings. The van der Waals surface area contributed by atoms with Crippen LogP contribution in [0.2, 0.25) is 0 Å². The molecule has 1 aliphatic carbocycles. The Hall–Kier alpha value is -4.51. The number of carbonyl (C=O) groups is 1. The van der Waals surface area contributed by atoms with E-state index < -0.39 is 16.1 Å². The molecule has 0 radical (unpaired) electrons. The van der Waals surface area contributed by atoms with Crippen molar-refractivity contribution in [2.75, 3.05) is 11.3 Å². The van der Waals surface area contributed by atoms with Crippen LogP contribution in [0.4, 0.5) is 5.95 Å². The second-order valence-electron chi connectivity index (χ2n) is 14.0. The fraction of sp³-hybridized carbons (Fsp3) is 0.405. The smallest absolute Gasteiger partial charge is 0.264 e. The second kappa shape index (κ2) is 13.5. The molecule has 11 heteroatoms. The van der Waals surface area contributed by atoms with Crippen molar-refractivity contribution in [1.29, 1.82) is 0 Å². The molecule has 2 aromatic heterocycles. The predicted octanol–water partition coefficient (Wildman–Crippen LogP) is 7.12. The highest BCUT2D eigenvalue weighted by atomic mass is 32.2. The maximum atomic E-state index is 14.4. The number of hydrogen-bond acceptors (Lipinski definition) is 8. The van der Waals surface area contributed by atoms with Crippen LogP contribution in [0.25, 0.3) is 11.3 Å². The molecule has 3 heterocycles. The standard InChI is InChI=1S/C37H43N5O5S/c1-24-10-8-11-25(2)34(24)32-19-33-40-36(39-32)41-48(44,45)31-15-9-12-26(18-31)35(43)42(28(23-46-33)20-37(3,4)5)22-27-16-17-30(21-38-27)47-29-13-6-7-14-29/h8-12,15-19,21,28-29H,6-7,13-14,20,22-23H2,1-5H3,(H,39,40,41)/t28-/m1/s1. The largest absolute Gasteiger partial charge is 0.489 e. The van der Waals surface area contributed by atoms with Crippen molar-refractivity contribution < 1.29 is 22.7 Å². The molecule has 1 atom stereocenters. The third-order valence-corrected chi connectivity index (χ3v) is 10.1. The van der Waals surface area contributed by atoms with Crippen molar-refractivity contribution in [2.45, 2.75) is 90.3 Å². The molecule has 4 aromatic rings. The summed E-state index contributed by atoms with van der Waals surface area (Å²) in [6.45, 7) is 10.6. The molecule has 0 unspecified atom stereocenters. The third kappa shape index (κ3) is 7.78. The minimum atomic E-state index is -4.16. The summed E-state index contributed by atoms with van der Waals surface area (Å²) >= 11 is 0. The number of hydrogen-bond donors (Lipinski definition) is 1. The monoisotopic (exact) mass is 669 g/mol.